The Bertz CT molecular complexity index is 596. The van der Waals surface area contributed by atoms with E-state index in [4.69, 9.17) is 9.68 Å². The van der Waals surface area contributed by atoms with Crippen molar-refractivity contribution in [1.82, 2.24) is 0 Å². The molecule has 17 heavy (non-hydrogen) atoms. The number of rotatable bonds is 3. The largest absolute Gasteiger partial charge is 0.453 e. The number of nitriles is 1. The SMILES string of the molecule is N#CCc1ccc(-c2ccc(C=O)o2)c(F)c1. The molecule has 0 unspecified atom stereocenters. The Hall–Kier alpha value is -2.41. The topological polar surface area (TPSA) is 54.0 Å². The normalized spacial score (nSPS) is 9.88. The van der Waals surface area contributed by atoms with Crippen LogP contribution in [0.3, 0.4) is 0 Å². The number of hydrogen-bond acceptors (Lipinski definition) is 3. The fourth-order valence-corrected chi connectivity index (χ4v) is 1.52. The minimum atomic E-state index is -0.468. The number of aldehydes is 1. The van der Waals surface area contributed by atoms with E-state index >= 15 is 0 Å². The van der Waals surface area contributed by atoms with E-state index in [1.165, 1.54) is 24.3 Å². The van der Waals surface area contributed by atoms with Gasteiger partial charge in [-0.2, -0.15) is 5.26 Å². The van der Waals surface area contributed by atoms with Crippen molar-refractivity contribution in [3.05, 3.63) is 47.5 Å². The quantitative estimate of drug-likeness (QED) is 0.760. The molecule has 0 radical (unpaired) electrons. The Morgan fingerprint density at radius 2 is 2.18 bits per heavy atom. The minimum Gasteiger partial charge on any atom is -0.453 e. The van der Waals surface area contributed by atoms with Crippen molar-refractivity contribution < 1.29 is 13.6 Å². The standard InChI is InChI=1S/C13H8FNO2/c14-12-7-9(5-6-15)1-3-11(12)13-4-2-10(8-16)17-13/h1-4,7-8H,5H2. The number of benzene rings is 1. The average molecular weight is 229 g/mol. The predicted octanol–water partition coefficient (Wildman–Crippen LogP) is 2.96. The first-order valence-corrected chi connectivity index (χ1v) is 4.95. The molecule has 0 aliphatic carbocycles. The van der Waals surface area contributed by atoms with Gasteiger partial charge in [0.25, 0.3) is 0 Å². The lowest BCUT2D eigenvalue weighted by Crippen LogP contribution is -1.87. The van der Waals surface area contributed by atoms with Gasteiger partial charge in [0, 0.05) is 0 Å². The maximum atomic E-state index is 13.7. The number of carbonyl (C=O) groups excluding carboxylic acids is 1. The van der Waals surface area contributed by atoms with Gasteiger partial charge in [0.1, 0.15) is 11.6 Å². The van der Waals surface area contributed by atoms with Gasteiger partial charge in [0.2, 0.25) is 0 Å². The summed E-state index contributed by atoms with van der Waals surface area (Å²) in [7, 11) is 0. The number of carbonyl (C=O) groups is 1. The van der Waals surface area contributed by atoms with Crippen LogP contribution >= 0.6 is 0 Å². The van der Waals surface area contributed by atoms with E-state index < -0.39 is 5.82 Å². The molecule has 4 heteroatoms. The van der Waals surface area contributed by atoms with Crippen molar-refractivity contribution in [2.75, 3.05) is 0 Å². The Balaban J connectivity index is 2.39. The second-order valence-corrected chi connectivity index (χ2v) is 3.47. The van der Waals surface area contributed by atoms with Gasteiger partial charge in [-0.3, -0.25) is 4.79 Å². The van der Waals surface area contributed by atoms with Gasteiger partial charge in [0.05, 0.1) is 18.1 Å². The van der Waals surface area contributed by atoms with Crippen molar-refractivity contribution in [2.24, 2.45) is 0 Å². The maximum absolute atomic E-state index is 13.7. The highest BCUT2D eigenvalue weighted by atomic mass is 19.1. The molecule has 1 heterocycles. The summed E-state index contributed by atoms with van der Waals surface area (Å²) in [5.41, 5.74) is 0.885. The molecule has 0 N–H and O–H groups in total. The number of halogens is 1. The van der Waals surface area contributed by atoms with E-state index in [2.05, 4.69) is 0 Å². The molecule has 0 aliphatic heterocycles. The molecule has 0 saturated heterocycles. The van der Waals surface area contributed by atoms with Crippen LogP contribution in [0, 0.1) is 17.1 Å². The molecule has 84 valence electrons. The zero-order chi connectivity index (χ0) is 12.3. The van der Waals surface area contributed by atoms with E-state index in [-0.39, 0.29) is 17.7 Å². The van der Waals surface area contributed by atoms with Crippen molar-refractivity contribution in [2.45, 2.75) is 6.42 Å². The van der Waals surface area contributed by atoms with Gasteiger partial charge >= 0.3 is 0 Å². The lowest BCUT2D eigenvalue weighted by Gasteiger charge is -2.01. The smallest absolute Gasteiger partial charge is 0.185 e. The molecular formula is C13H8FNO2. The first kappa shape index (κ1) is 11.1. The highest BCUT2D eigenvalue weighted by Crippen LogP contribution is 2.25. The monoisotopic (exact) mass is 229 g/mol. The molecule has 0 atom stereocenters. The Morgan fingerprint density at radius 1 is 1.35 bits per heavy atom. The molecule has 0 aliphatic rings. The highest BCUT2D eigenvalue weighted by Gasteiger charge is 2.10. The summed E-state index contributed by atoms with van der Waals surface area (Å²) in [5, 5.41) is 8.50. The van der Waals surface area contributed by atoms with Crippen LogP contribution in [-0.4, -0.2) is 6.29 Å². The first-order valence-electron chi connectivity index (χ1n) is 4.95. The summed E-state index contributed by atoms with van der Waals surface area (Å²) < 4.78 is 18.8. The summed E-state index contributed by atoms with van der Waals surface area (Å²) in [4.78, 5) is 10.5. The van der Waals surface area contributed by atoms with Gasteiger partial charge in [-0.05, 0) is 29.8 Å². The number of nitrogens with zero attached hydrogens (tertiary/aromatic N) is 1. The van der Waals surface area contributed by atoms with E-state index in [9.17, 15) is 9.18 Å². The molecule has 0 bridgehead atoms. The lowest BCUT2D eigenvalue weighted by atomic mass is 10.1. The molecule has 1 aromatic carbocycles. The zero-order valence-corrected chi connectivity index (χ0v) is 8.81. The molecule has 2 rings (SSSR count). The summed E-state index contributed by atoms with van der Waals surface area (Å²) in [6, 6.07) is 9.45. The van der Waals surface area contributed by atoms with Gasteiger partial charge in [-0.1, -0.05) is 6.07 Å². The maximum Gasteiger partial charge on any atom is 0.185 e. The molecule has 0 amide bonds. The van der Waals surface area contributed by atoms with Crippen LogP contribution in [0.25, 0.3) is 11.3 Å². The van der Waals surface area contributed by atoms with E-state index in [1.54, 1.807) is 6.07 Å². The van der Waals surface area contributed by atoms with Gasteiger partial charge < -0.3 is 4.42 Å². The summed E-state index contributed by atoms with van der Waals surface area (Å²) >= 11 is 0. The average Bonchev–Trinajstić information content (AvgIpc) is 2.78. The molecular weight excluding hydrogens is 221 g/mol. The summed E-state index contributed by atoms with van der Waals surface area (Å²) in [5.74, 6) is -0.0156. The molecule has 0 saturated carbocycles. The molecule has 0 fully saturated rings. The van der Waals surface area contributed by atoms with Crippen LogP contribution in [0.5, 0.6) is 0 Å². The second kappa shape index (κ2) is 4.62. The zero-order valence-electron chi connectivity index (χ0n) is 8.81. The van der Waals surface area contributed by atoms with Gasteiger partial charge in [-0.25, -0.2) is 4.39 Å². The highest BCUT2D eigenvalue weighted by molar-refractivity contribution is 5.72. The van der Waals surface area contributed by atoms with Gasteiger partial charge in [-0.15, -0.1) is 0 Å². The van der Waals surface area contributed by atoms with E-state index in [0.717, 1.165) is 0 Å². The van der Waals surface area contributed by atoms with Crippen molar-refractivity contribution in [3.8, 4) is 17.4 Å². The van der Waals surface area contributed by atoms with Crippen LogP contribution in [0.15, 0.2) is 34.7 Å². The van der Waals surface area contributed by atoms with E-state index in [0.29, 0.717) is 17.6 Å². The first-order chi connectivity index (χ1) is 8.24. The third kappa shape index (κ3) is 2.23. The summed E-state index contributed by atoms with van der Waals surface area (Å²) in [6.07, 6.45) is 0.723. The Kier molecular flexibility index (Phi) is 3.01. The third-order valence-corrected chi connectivity index (χ3v) is 2.33. The van der Waals surface area contributed by atoms with Crippen LogP contribution < -0.4 is 0 Å². The number of hydrogen-bond donors (Lipinski definition) is 0. The van der Waals surface area contributed by atoms with Crippen molar-refractivity contribution >= 4 is 6.29 Å². The van der Waals surface area contributed by atoms with Crippen LogP contribution in [-0.2, 0) is 6.42 Å². The Morgan fingerprint density at radius 3 is 2.76 bits per heavy atom. The molecule has 1 aromatic heterocycles. The van der Waals surface area contributed by atoms with Gasteiger partial charge in [0.15, 0.2) is 12.0 Å². The number of furan rings is 1. The minimum absolute atomic E-state index is 0.153. The second-order valence-electron chi connectivity index (χ2n) is 3.47. The molecule has 3 nitrogen and oxygen atoms in total. The Labute approximate surface area is 97.1 Å². The summed E-state index contributed by atoms with van der Waals surface area (Å²) in [6.45, 7) is 0. The molecule has 2 aromatic rings. The van der Waals surface area contributed by atoms with Crippen LogP contribution in [0.4, 0.5) is 4.39 Å². The van der Waals surface area contributed by atoms with Crippen molar-refractivity contribution in [3.63, 3.8) is 0 Å². The predicted molar refractivity (Wildman–Crippen MR) is 58.8 cm³/mol. The fourth-order valence-electron chi connectivity index (χ4n) is 1.52. The third-order valence-electron chi connectivity index (χ3n) is 2.33. The van der Waals surface area contributed by atoms with Crippen molar-refractivity contribution in [1.29, 1.82) is 5.26 Å². The van der Waals surface area contributed by atoms with Crippen LogP contribution in [0.2, 0.25) is 0 Å². The lowest BCUT2D eigenvalue weighted by molar-refractivity contribution is 0.110. The van der Waals surface area contributed by atoms with Crippen LogP contribution in [0.1, 0.15) is 16.1 Å². The fraction of sp³-hybridized carbons (Fsp3) is 0.0769. The molecule has 0 spiro atoms. The van der Waals surface area contributed by atoms with E-state index in [1.807, 2.05) is 6.07 Å².